The maximum Gasteiger partial charge on any atom is 0.305 e. The summed E-state index contributed by atoms with van der Waals surface area (Å²) in [5.41, 5.74) is 6.90. The van der Waals surface area contributed by atoms with E-state index in [2.05, 4.69) is 0 Å². The molecule has 0 heterocycles. The summed E-state index contributed by atoms with van der Waals surface area (Å²) >= 11 is 0. The van der Waals surface area contributed by atoms with Crippen LogP contribution < -0.4 is 5.73 Å². The fraction of sp³-hybridized carbons (Fsp3) is 0.364. The Morgan fingerprint density at radius 1 is 1.62 bits per heavy atom. The molecule has 1 rings (SSSR count). The number of hydrogen-bond donors (Lipinski definition) is 2. The second-order valence-electron chi connectivity index (χ2n) is 3.48. The minimum absolute atomic E-state index is 0.192. The quantitative estimate of drug-likeness (QED) is 0.798. The molecule has 88 valence electrons. The molecular weight excluding hydrogens is 213 g/mol. The Hall–Kier alpha value is -1.46. The summed E-state index contributed by atoms with van der Waals surface area (Å²) in [5, 5.41) is 8.64. The number of carboxylic acid groups (broad SMARTS) is 1. The van der Waals surface area contributed by atoms with Gasteiger partial charge in [-0.3, -0.25) is 4.79 Å². The van der Waals surface area contributed by atoms with Crippen molar-refractivity contribution in [2.45, 2.75) is 19.1 Å². The third kappa shape index (κ3) is 3.29. The molecule has 16 heavy (non-hydrogen) atoms. The molecule has 5 heteroatoms. The highest BCUT2D eigenvalue weighted by Crippen LogP contribution is 2.20. The lowest BCUT2D eigenvalue weighted by Gasteiger charge is -2.14. The van der Waals surface area contributed by atoms with Crippen molar-refractivity contribution < 1.29 is 19.0 Å². The van der Waals surface area contributed by atoms with Gasteiger partial charge in [-0.15, -0.1) is 0 Å². The van der Waals surface area contributed by atoms with Gasteiger partial charge in [0.25, 0.3) is 0 Å². The van der Waals surface area contributed by atoms with Crippen molar-refractivity contribution in [3.05, 3.63) is 35.1 Å². The van der Waals surface area contributed by atoms with E-state index in [0.717, 1.165) is 0 Å². The first-order chi connectivity index (χ1) is 7.54. The van der Waals surface area contributed by atoms with Crippen LogP contribution in [-0.4, -0.2) is 18.2 Å². The predicted molar refractivity (Wildman–Crippen MR) is 56.3 cm³/mol. The molecule has 0 aliphatic carbocycles. The number of ether oxygens (including phenoxy) is 1. The molecule has 3 N–H and O–H groups in total. The summed E-state index contributed by atoms with van der Waals surface area (Å²) in [7, 11) is 1.48. The van der Waals surface area contributed by atoms with Gasteiger partial charge in [-0.2, -0.15) is 0 Å². The zero-order chi connectivity index (χ0) is 12.1. The van der Waals surface area contributed by atoms with Crippen LogP contribution in [-0.2, 0) is 16.1 Å². The van der Waals surface area contributed by atoms with Crippen LogP contribution in [0.25, 0.3) is 0 Å². The summed E-state index contributed by atoms with van der Waals surface area (Å²) in [4.78, 5) is 10.5. The highest BCUT2D eigenvalue weighted by molar-refractivity contribution is 5.68. The van der Waals surface area contributed by atoms with Gasteiger partial charge in [0.1, 0.15) is 5.82 Å². The van der Waals surface area contributed by atoms with E-state index in [4.69, 9.17) is 15.6 Å². The monoisotopic (exact) mass is 227 g/mol. The highest BCUT2D eigenvalue weighted by atomic mass is 19.1. The van der Waals surface area contributed by atoms with Crippen LogP contribution in [0.3, 0.4) is 0 Å². The van der Waals surface area contributed by atoms with E-state index in [1.807, 2.05) is 0 Å². The predicted octanol–water partition coefficient (Wildman–Crippen LogP) is 1.45. The van der Waals surface area contributed by atoms with Crippen LogP contribution in [0.5, 0.6) is 0 Å². The molecule has 0 saturated carbocycles. The topological polar surface area (TPSA) is 72.5 Å². The minimum atomic E-state index is -0.986. The largest absolute Gasteiger partial charge is 0.481 e. The van der Waals surface area contributed by atoms with Gasteiger partial charge >= 0.3 is 5.97 Å². The van der Waals surface area contributed by atoms with Gasteiger partial charge in [0.05, 0.1) is 13.0 Å². The second kappa shape index (κ2) is 5.58. The Bertz CT molecular complexity index is 381. The lowest BCUT2D eigenvalue weighted by molar-refractivity contribution is -0.137. The van der Waals surface area contributed by atoms with Gasteiger partial charge in [-0.25, -0.2) is 4.39 Å². The number of halogens is 1. The summed E-state index contributed by atoms with van der Waals surface area (Å²) in [6.07, 6.45) is -0.192. The van der Waals surface area contributed by atoms with E-state index >= 15 is 0 Å². The molecule has 0 radical (unpaired) electrons. The average Bonchev–Trinajstić information content (AvgIpc) is 2.17. The first-order valence-corrected chi connectivity index (χ1v) is 4.79. The Morgan fingerprint density at radius 2 is 2.31 bits per heavy atom. The fourth-order valence-electron chi connectivity index (χ4n) is 1.51. The number of aliphatic carboxylic acids is 1. The van der Waals surface area contributed by atoms with Gasteiger partial charge in [-0.05, 0) is 23.3 Å². The van der Waals surface area contributed by atoms with Gasteiger partial charge in [0, 0.05) is 13.2 Å². The molecule has 0 bridgehead atoms. The van der Waals surface area contributed by atoms with Gasteiger partial charge in [0.2, 0.25) is 0 Å². The van der Waals surface area contributed by atoms with Crippen LogP contribution in [0.4, 0.5) is 4.39 Å². The number of methoxy groups -OCH3 is 1. The van der Waals surface area contributed by atoms with Crippen LogP contribution in [0.15, 0.2) is 18.2 Å². The Balaban J connectivity index is 2.96. The summed E-state index contributed by atoms with van der Waals surface area (Å²) in [6, 6.07) is 3.41. The van der Waals surface area contributed by atoms with Gasteiger partial charge in [0.15, 0.2) is 0 Å². The maximum atomic E-state index is 13.0. The standard InChI is InChI=1S/C11H14FNO3/c1-16-6-7-4-8(12)2-3-9(7)10(13)5-11(14)15/h2-4,10H,5-6,13H2,1H3,(H,14,15). The van der Waals surface area contributed by atoms with Crippen molar-refractivity contribution in [3.63, 3.8) is 0 Å². The third-order valence-electron chi connectivity index (χ3n) is 2.20. The third-order valence-corrected chi connectivity index (χ3v) is 2.20. The Kier molecular flexibility index (Phi) is 4.39. The summed E-state index contributed by atoms with van der Waals surface area (Å²) in [5.74, 6) is -1.38. The van der Waals surface area contributed by atoms with Crippen LogP contribution >= 0.6 is 0 Å². The smallest absolute Gasteiger partial charge is 0.305 e. The SMILES string of the molecule is COCc1cc(F)ccc1C(N)CC(=O)O. The molecule has 1 unspecified atom stereocenters. The van der Waals surface area contributed by atoms with Crippen molar-refractivity contribution >= 4 is 5.97 Å². The van der Waals surface area contributed by atoms with E-state index in [9.17, 15) is 9.18 Å². The molecule has 0 amide bonds. The van der Waals surface area contributed by atoms with E-state index in [0.29, 0.717) is 11.1 Å². The number of carboxylic acids is 1. The number of nitrogens with two attached hydrogens (primary N) is 1. The molecule has 4 nitrogen and oxygen atoms in total. The number of rotatable bonds is 5. The maximum absolute atomic E-state index is 13.0. The van der Waals surface area contributed by atoms with Gasteiger partial charge in [-0.1, -0.05) is 6.07 Å². The van der Waals surface area contributed by atoms with Crippen molar-refractivity contribution in [1.82, 2.24) is 0 Å². The van der Waals surface area contributed by atoms with Crippen molar-refractivity contribution in [1.29, 1.82) is 0 Å². The van der Waals surface area contributed by atoms with Crippen molar-refractivity contribution in [2.24, 2.45) is 5.73 Å². The zero-order valence-electron chi connectivity index (χ0n) is 8.94. The lowest BCUT2D eigenvalue weighted by Crippen LogP contribution is -2.17. The molecule has 0 aromatic heterocycles. The molecule has 0 saturated heterocycles. The van der Waals surface area contributed by atoms with Crippen molar-refractivity contribution in [2.75, 3.05) is 7.11 Å². The molecule has 0 spiro atoms. The van der Waals surface area contributed by atoms with Crippen LogP contribution in [0, 0.1) is 5.82 Å². The number of carbonyl (C=O) groups is 1. The Labute approximate surface area is 92.8 Å². The van der Waals surface area contributed by atoms with E-state index in [1.165, 1.54) is 25.3 Å². The fourth-order valence-corrected chi connectivity index (χ4v) is 1.51. The second-order valence-corrected chi connectivity index (χ2v) is 3.48. The number of hydrogen-bond acceptors (Lipinski definition) is 3. The molecule has 0 fully saturated rings. The molecule has 1 aromatic carbocycles. The number of benzene rings is 1. The average molecular weight is 227 g/mol. The molecule has 1 aromatic rings. The lowest BCUT2D eigenvalue weighted by atomic mass is 9.99. The first kappa shape index (κ1) is 12.6. The minimum Gasteiger partial charge on any atom is -0.481 e. The van der Waals surface area contributed by atoms with Crippen LogP contribution in [0.2, 0.25) is 0 Å². The van der Waals surface area contributed by atoms with Crippen molar-refractivity contribution in [3.8, 4) is 0 Å². The Morgan fingerprint density at radius 3 is 2.88 bits per heavy atom. The summed E-state index contributed by atoms with van der Waals surface area (Å²) < 4.78 is 17.9. The van der Waals surface area contributed by atoms with E-state index < -0.39 is 17.8 Å². The van der Waals surface area contributed by atoms with Crippen LogP contribution in [0.1, 0.15) is 23.6 Å². The normalized spacial score (nSPS) is 12.4. The zero-order valence-corrected chi connectivity index (χ0v) is 8.94. The highest BCUT2D eigenvalue weighted by Gasteiger charge is 2.14. The first-order valence-electron chi connectivity index (χ1n) is 4.79. The van der Waals surface area contributed by atoms with E-state index in [1.54, 1.807) is 0 Å². The molecular formula is C11H14FNO3. The molecule has 1 atom stereocenters. The molecule has 0 aliphatic heterocycles. The van der Waals surface area contributed by atoms with E-state index in [-0.39, 0.29) is 13.0 Å². The molecule has 0 aliphatic rings. The summed E-state index contributed by atoms with van der Waals surface area (Å²) in [6.45, 7) is 0.209. The van der Waals surface area contributed by atoms with Gasteiger partial charge < -0.3 is 15.6 Å².